The Labute approximate surface area is 339 Å². The monoisotopic (exact) mass is 842 g/mol. The van der Waals surface area contributed by atoms with Crippen molar-refractivity contribution in [3.8, 4) is 51.2 Å². The number of hydrogen-bond donors (Lipinski definition) is 7. The Hall–Kier alpha value is -6.84. The molecule has 8 rings (SSSR count). The van der Waals surface area contributed by atoms with Gasteiger partial charge in [-0.25, -0.2) is 0 Å². The third-order valence-corrected chi connectivity index (χ3v) is 9.70. The molecular weight excluding hydrogens is 807 g/mol. The molecule has 0 atom stereocenters. The van der Waals surface area contributed by atoms with Gasteiger partial charge in [-0.1, -0.05) is 36.4 Å². The number of aliphatic hydroxyl groups is 1. The number of phenolic OH excluding ortho intramolecular Hbond substituents is 4. The quantitative estimate of drug-likeness (QED) is 0.0962. The largest absolute Gasteiger partial charge is 0.508 e. The van der Waals surface area contributed by atoms with Crippen LogP contribution in [0.1, 0.15) is 5.56 Å². The summed E-state index contributed by atoms with van der Waals surface area (Å²) in [6.45, 7) is -0.0260. The normalized spacial score (nSPS) is 10.6. The molecule has 8 aromatic rings. The number of pyridine rings is 2. The van der Waals surface area contributed by atoms with E-state index < -0.39 is 7.12 Å². The standard InChI is InChI=1S/C22H17NO4.C15H10BrNO3.C7H9BO3/c1-27-18-9-2-14(3-10-18)21-13-23(15-4-6-16(24)7-5-15)22(26)19-11-8-17(25)12-20(19)21;16-14-8-17(9-1-3-10(18)4-2-9)15(20)12-6-5-11(19)7-13(12)14;9-5-6-1-3-7(4-2-6)8(10)11/h2-13,24-25H,1H3;1-8,18-19H;1-4,9-11H,5H2. The van der Waals surface area contributed by atoms with Gasteiger partial charge in [-0.05, 0) is 130 Å². The fourth-order valence-corrected chi connectivity index (χ4v) is 6.55. The summed E-state index contributed by atoms with van der Waals surface area (Å²) in [5, 5.41) is 66.6. The second-order valence-corrected chi connectivity index (χ2v) is 13.7. The number of nitrogens with zero attached hydrogens (tertiary/aromatic N) is 2. The van der Waals surface area contributed by atoms with Gasteiger partial charge in [0.15, 0.2) is 0 Å². The number of hydrogen-bond acceptors (Lipinski definition) is 10. The van der Waals surface area contributed by atoms with Gasteiger partial charge < -0.3 is 40.3 Å². The third kappa shape index (κ3) is 9.23. The minimum absolute atomic E-state index is 0.0260. The summed E-state index contributed by atoms with van der Waals surface area (Å²) < 4.78 is 8.95. The van der Waals surface area contributed by atoms with Crippen LogP contribution in [0.2, 0.25) is 0 Å². The maximum atomic E-state index is 13.0. The molecule has 0 aliphatic heterocycles. The Morgan fingerprint density at radius 1 is 0.569 bits per heavy atom. The van der Waals surface area contributed by atoms with E-state index in [1.54, 1.807) is 96.9 Å². The number of phenols is 4. The molecule has 2 aromatic heterocycles. The molecular formula is C44H36BBrN2O10. The Kier molecular flexibility index (Phi) is 12.6. The lowest BCUT2D eigenvalue weighted by Crippen LogP contribution is -2.29. The summed E-state index contributed by atoms with van der Waals surface area (Å²) in [5.41, 5.74) is 3.79. The van der Waals surface area contributed by atoms with E-state index in [4.69, 9.17) is 19.9 Å². The molecule has 14 heteroatoms. The lowest BCUT2D eigenvalue weighted by molar-refractivity contribution is 0.282. The first-order chi connectivity index (χ1) is 27.9. The number of fused-ring (bicyclic) bond motifs is 2. The zero-order chi connectivity index (χ0) is 41.5. The lowest BCUT2D eigenvalue weighted by Gasteiger charge is -2.13. The summed E-state index contributed by atoms with van der Waals surface area (Å²) in [6.07, 6.45) is 3.40. The number of ether oxygens (including phenoxy) is 1. The van der Waals surface area contributed by atoms with Crippen molar-refractivity contribution in [3.63, 3.8) is 0 Å². The van der Waals surface area contributed by atoms with Crippen molar-refractivity contribution >= 4 is 50.1 Å². The van der Waals surface area contributed by atoms with E-state index in [1.165, 1.54) is 41.0 Å². The maximum Gasteiger partial charge on any atom is 0.488 e. The Morgan fingerprint density at radius 2 is 1.03 bits per heavy atom. The highest BCUT2D eigenvalue weighted by atomic mass is 79.9. The van der Waals surface area contributed by atoms with E-state index in [0.29, 0.717) is 42.9 Å². The first-order valence-electron chi connectivity index (χ1n) is 17.6. The summed E-state index contributed by atoms with van der Waals surface area (Å²) in [6, 6.07) is 36.1. The van der Waals surface area contributed by atoms with Gasteiger partial charge in [-0.2, -0.15) is 0 Å². The van der Waals surface area contributed by atoms with E-state index in [-0.39, 0.29) is 40.7 Å². The highest BCUT2D eigenvalue weighted by molar-refractivity contribution is 9.10. The molecule has 0 saturated carbocycles. The second kappa shape index (κ2) is 18.0. The minimum Gasteiger partial charge on any atom is -0.508 e. The van der Waals surface area contributed by atoms with Crippen molar-refractivity contribution in [2.24, 2.45) is 0 Å². The number of methoxy groups -OCH3 is 1. The Bertz CT molecular complexity index is 2810. The number of rotatable bonds is 6. The molecule has 12 nitrogen and oxygen atoms in total. The smallest absolute Gasteiger partial charge is 0.488 e. The topological polar surface area (TPSA) is 195 Å². The van der Waals surface area contributed by atoms with E-state index in [9.17, 15) is 30.0 Å². The van der Waals surface area contributed by atoms with E-state index in [0.717, 1.165) is 22.4 Å². The highest BCUT2D eigenvalue weighted by Gasteiger charge is 2.14. The van der Waals surface area contributed by atoms with Crippen molar-refractivity contribution < 1.29 is 40.3 Å². The first-order valence-corrected chi connectivity index (χ1v) is 18.4. The second-order valence-electron chi connectivity index (χ2n) is 12.9. The zero-order valence-electron chi connectivity index (χ0n) is 30.8. The van der Waals surface area contributed by atoms with Gasteiger partial charge in [0.2, 0.25) is 0 Å². The van der Waals surface area contributed by atoms with E-state index in [2.05, 4.69) is 15.9 Å². The predicted octanol–water partition coefficient (Wildman–Crippen LogP) is 6.10. The maximum absolute atomic E-state index is 13.0. The summed E-state index contributed by atoms with van der Waals surface area (Å²) in [4.78, 5) is 25.5. The van der Waals surface area contributed by atoms with Crippen molar-refractivity contribution in [1.29, 1.82) is 0 Å². The molecule has 7 N–H and O–H groups in total. The number of benzene rings is 6. The van der Waals surface area contributed by atoms with Gasteiger partial charge in [0.05, 0.1) is 13.7 Å². The molecule has 292 valence electrons. The van der Waals surface area contributed by atoms with Gasteiger partial charge in [-0.15, -0.1) is 0 Å². The molecule has 6 aromatic carbocycles. The predicted molar refractivity (Wildman–Crippen MR) is 228 cm³/mol. The zero-order valence-corrected chi connectivity index (χ0v) is 32.4. The molecule has 0 unspecified atom stereocenters. The van der Waals surface area contributed by atoms with Gasteiger partial charge >= 0.3 is 7.12 Å². The SMILES string of the molecule is COc1ccc(-c2cn(-c3ccc(O)cc3)c(=O)c3ccc(O)cc23)cc1.O=c1c2ccc(O)cc2c(Br)cn1-c1ccc(O)cc1.OCc1ccc(B(O)O)cc1. The van der Waals surface area contributed by atoms with Crippen LogP contribution in [0.15, 0.2) is 160 Å². The van der Waals surface area contributed by atoms with Crippen LogP contribution in [0.4, 0.5) is 0 Å². The molecule has 0 radical (unpaired) electrons. The number of aliphatic hydroxyl groups excluding tert-OH is 1. The number of aromatic nitrogens is 2. The minimum atomic E-state index is -1.43. The van der Waals surface area contributed by atoms with Crippen LogP contribution in [-0.2, 0) is 6.61 Å². The first kappa shape index (κ1) is 40.8. The van der Waals surface area contributed by atoms with E-state index >= 15 is 0 Å². The van der Waals surface area contributed by atoms with Crippen LogP contribution in [0.3, 0.4) is 0 Å². The average Bonchev–Trinajstić information content (AvgIpc) is 3.23. The fraction of sp³-hybridized carbons (Fsp3) is 0.0455. The molecule has 0 bridgehead atoms. The molecule has 0 aliphatic carbocycles. The molecule has 0 saturated heterocycles. The molecule has 0 spiro atoms. The van der Waals surface area contributed by atoms with Crippen molar-refractivity contribution in [3.05, 3.63) is 177 Å². The molecule has 0 amide bonds. The van der Waals surface area contributed by atoms with Gasteiger partial charge in [0, 0.05) is 55.3 Å². The van der Waals surface area contributed by atoms with Crippen LogP contribution >= 0.6 is 15.9 Å². The molecule has 58 heavy (non-hydrogen) atoms. The molecule has 0 aliphatic rings. The fourth-order valence-electron chi connectivity index (χ4n) is 6.02. The van der Waals surface area contributed by atoms with Crippen LogP contribution in [0, 0.1) is 0 Å². The molecule has 2 heterocycles. The van der Waals surface area contributed by atoms with Crippen LogP contribution in [0.5, 0.6) is 28.7 Å². The molecule has 0 fully saturated rings. The van der Waals surface area contributed by atoms with Crippen molar-refractivity contribution in [2.75, 3.05) is 7.11 Å². The van der Waals surface area contributed by atoms with Crippen LogP contribution < -0.4 is 21.3 Å². The van der Waals surface area contributed by atoms with Crippen molar-refractivity contribution in [1.82, 2.24) is 9.13 Å². The van der Waals surface area contributed by atoms with Gasteiger partial charge in [-0.3, -0.25) is 18.7 Å². The third-order valence-electron chi connectivity index (χ3n) is 9.07. The summed E-state index contributed by atoms with van der Waals surface area (Å²) >= 11 is 3.41. The van der Waals surface area contributed by atoms with Gasteiger partial charge in [0.1, 0.15) is 28.7 Å². The lowest BCUT2D eigenvalue weighted by atomic mass is 9.80. The Morgan fingerprint density at radius 3 is 1.52 bits per heavy atom. The number of halogens is 1. The summed E-state index contributed by atoms with van der Waals surface area (Å²) in [7, 11) is 0.177. The number of aromatic hydroxyl groups is 4. The summed E-state index contributed by atoms with van der Waals surface area (Å²) in [5.74, 6) is 1.22. The van der Waals surface area contributed by atoms with E-state index in [1.807, 2.05) is 24.3 Å². The van der Waals surface area contributed by atoms with Crippen molar-refractivity contribution in [2.45, 2.75) is 6.61 Å². The van der Waals surface area contributed by atoms with Crippen LogP contribution in [-0.4, -0.2) is 58.9 Å². The highest BCUT2D eigenvalue weighted by Crippen LogP contribution is 2.32. The Balaban J connectivity index is 0.000000160. The average molecular weight is 843 g/mol. The van der Waals surface area contributed by atoms with Crippen LogP contribution in [0.25, 0.3) is 44.0 Å². The van der Waals surface area contributed by atoms with Gasteiger partial charge in [0.25, 0.3) is 11.1 Å².